The van der Waals surface area contributed by atoms with Crippen LogP contribution in [0.5, 0.6) is 0 Å². The van der Waals surface area contributed by atoms with Crippen molar-refractivity contribution < 1.29 is 0 Å². The second-order valence-corrected chi connectivity index (χ2v) is 6.15. The molecule has 2 aliphatic rings. The molecule has 1 aliphatic heterocycles. The van der Waals surface area contributed by atoms with Crippen LogP contribution in [0.1, 0.15) is 40.0 Å². The zero-order chi connectivity index (χ0) is 10.3. The average molecular weight is 196 g/mol. The number of hydrogen-bond donors (Lipinski definition) is 1. The largest absolute Gasteiger partial charge is 0.329 e. The fourth-order valence-electron chi connectivity index (χ4n) is 3.33. The summed E-state index contributed by atoms with van der Waals surface area (Å²) in [4.78, 5) is 2.69. The Morgan fingerprint density at radius 3 is 2.43 bits per heavy atom. The van der Waals surface area contributed by atoms with Crippen LogP contribution in [0.25, 0.3) is 0 Å². The van der Waals surface area contributed by atoms with Crippen molar-refractivity contribution in [3.8, 4) is 0 Å². The number of piperidine rings is 1. The molecule has 0 aromatic heterocycles. The van der Waals surface area contributed by atoms with Crippen molar-refractivity contribution in [2.45, 2.75) is 52.1 Å². The van der Waals surface area contributed by atoms with Crippen molar-refractivity contribution >= 4 is 0 Å². The lowest BCUT2D eigenvalue weighted by Gasteiger charge is -2.41. The molecule has 1 saturated heterocycles. The molecule has 0 spiro atoms. The molecule has 2 heteroatoms. The first kappa shape index (κ1) is 10.4. The third-order valence-electron chi connectivity index (χ3n) is 4.07. The molecule has 2 N–H and O–H groups in total. The third kappa shape index (κ3) is 1.70. The first-order valence-electron chi connectivity index (χ1n) is 5.98. The van der Waals surface area contributed by atoms with E-state index in [4.69, 9.17) is 5.73 Å². The molecular formula is C12H24N2. The monoisotopic (exact) mass is 196 g/mol. The topological polar surface area (TPSA) is 29.3 Å². The van der Waals surface area contributed by atoms with Crippen LogP contribution in [0.4, 0.5) is 0 Å². The molecule has 1 saturated carbocycles. The Morgan fingerprint density at radius 2 is 2.07 bits per heavy atom. The minimum absolute atomic E-state index is 0.333. The van der Waals surface area contributed by atoms with Gasteiger partial charge in [0.15, 0.2) is 0 Å². The van der Waals surface area contributed by atoms with Gasteiger partial charge in [0.05, 0.1) is 0 Å². The Kier molecular flexibility index (Phi) is 2.61. The highest BCUT2D eigenvalue weighted by Gasteiger charge is 2.43. The summed E-state index contributed by atoms with van der Waals surface area (Å²) in [7, 11) is 0. The molecule has 2 rings (SSSR count). The summed E-state index contributed by atoms with van der Waals surface area (Å²) in [5.41, 5.74) is 6.26. The molecule has 1 aliphatic carbocycles. The fraction of sp³-hybridized carbons (Fsp3) is 1.00. The van der Waals surface area contributed by atoms with Crippen molar-refractivity contribution in [2.75, 3.05) is 13.1 Å². The molecule has 0 aromatic carbocycles. The molecule has 0 radical (unpaired) electrons. The molecule has 14 heavy (non-hydrogen) atoms. The van der Waals surface area contributed by atoms with Gasteiger partial charge in [0.25, 0.3) is 0 Å². The molecule has 2 bridgehead atoms. The number of nitrogens with two attached hydrogens (primary N) is 1. The van der Waals surface area contributed by atoms with Gasteiger partial charge in [0, 0.05) is 25.2 Å². The van der Waals surface area contributed by atoms with E-state index in [1.54, 1.807) is 0 Å². The van der Waals surface area contributed by atoms with Gasteiger partial charge >= 0.3 is 0 Å². The van der Waals surface area contributed by atoms with E-state index in [0.29, 0.717) is 11.5 Å². The van der Waals surface area contributed by atoms with E-state index in [2.05, 4.69) is 25.7 Å². The molecule has 3 unspecified atom stereocenters. The van der Waals surface area contributed by atoms with E-state index in [0.717, 1.165) is 18.5 Å². The SMILES string of the molecule is CC(C)(C)C(CN)N1CC2CCC1C2. The van der Waals surface area contributed by atoms with Crippen LogP contribution in [0.15, 0.2) is 0 Å². The minimum atomic E-state index is 0.333. The fourth-order valence-corrected chi connectivity index (χ4v) is 3.33. The van der Waals surface area contributed by atoms with E-state index < -0.39 is 0 Å². The highest BCUT2D eigenvalue weighted by molar-refractivity contribution is 4.98. The lowest BCUT2D eigenvalue weighted by atomic mass is 9.84. The molecule has 82 valence electrons. The van der Waals surface area contributed by atoms with Crippen LogP contribution in [-0.2, 0) is 0 Å². The normalized spacial score (nSPS) is 35.1. The summed E-state index contributed by atoms with van der Waals surface area (Å²) in [5, 5.41) is 0. The predicted octanol–water partition coefficient (Wildman–Crippen LogP) is 1.84. The summed E-state index contributed by atoms with van der Waals surface area (Å²) in [6, 6.07) is 1.44. The first-order valence-corrected chi connectivity index (χ1v) is 5.98. The van der Waals surface area contributed by atoms with Crippen molar-refractivity contribution in [1.29, 1.82) is 0 Å². The van der Waals surface area contributed by atoms with Gasteiger partial charge in [0.1, 0.15) is 0 Å². The van der Waals surface area contributed by atoms with Crippen LogP contribution < -0.4 is 5.73 Å². The van der Waals surface area contributed by atoms with E-state index in [1.807, 2.05) is 0 Å². The maximum atomic E-state index is 5.93. The van der Waals surface area contributed by atoms with Crippen LogP contribution in [0, 0.1) is 11.3 Å². The predicted molar refractivity (Wildman–Crippen MR) is 60.1 cm³/mol. The lowest BCUT2D eigenvalue weighted by Crippen LogP contribution is -2.51. The van der Waals surface area contributed by atoms with Crippen LogP contribution in [0.2, 0.25) is 0 Å². The highest BCUT2D eigenvalue weighted by atomic mass is 15.2. The lowest BCUT2D eigenvalue weighted by molar-refractivity contribution is 0.0751. The molecule has 2 fully saturated rings. The second kappa shape index (κ2) is 3.49. The Bertz CT molecular complexity index is 207. The van der Waals surface area contributed by atoms with Gasteiger partial charge in [-0.05, 0) is 30.6 Å². The van der Waals surface area contributed by atoms with E-state index in [9.17, 15) is 0 Å². The summed E-state index contributed by atoms with van der Waals surface area (Å²) in [6.45, 7) is 9.07. The molecular weight excluding hydrogens is 172 g/mol. The zero-order valence-corrected chi connectivity index (χ0v) is 9.79. The number of rotatable bonds is 2. The van der Waals surface area contributed by atoms with Crippen molar-refractivity contribution in [1.82, 2.24) is 4.90 Å². The summed E-state index contributed by atoms with van der Waals surface area (Å²) < 4.78 is 0. The van der Waals surface area contributed by atoms with Gasteiger partial charge in [-0.15, -0.1) is 0 Å². The van der Waals surface area contributed by atoms with Gasteiger partial charge in [-0.2, -0.15) is 0 Å². The Balaban J connectivity index is 2.06. The van der Waals surface area contributed by atoms with Gasteiger partial charge in [-0.1, -0.05) is 20.8 Å². The molecule has 3 atom stereocenters. The molecule has 2 nitrogen and oxygen atoms in total. The molecule has 0 aromatic rings. The Labute approximate surface area is 87.8 Å². The van der Waals surface area contributed by atoms with Gasteiger partial charge in [0.2, 0.25) is 0 Å². The van der Waals surface area contributed by atoms with Gasteiger partial charge in [-0.25, -0.2) is 0 Å². The minimum Gasteiger partial charge on any atom is -0.329 e. The quantitative estimate of drug-likeness (QED) is 0.730. The first-order chi connectivity index (χ1) is 6.52. The van der Waals surface area contributed by atoms with Crippen molar-refractivity contribution in [3.63, 3.8) is 0 Å². The van der Waals surface area contributed by atoms with Crippen molar-refractivity contribution in [3.05, 3.63) is 0 Å². The smallest absolute Gasteiger partial charge is 0.0269 e. The standard InChI is InChI=1S/C12H24N2/c1-12(2,3)11(7-13)14-8-9-4-5-10(14)6-9/h9-11H,4-8,13H2,1-3H3. The summed E-state index contributed by atoms with van der Waals surface area (Å²) in [6.07, 6.45) is 4.31. The van der Waals surface area contributed by atoms with Gasteiger partial charge in [-0.3, -0.25) is 4.90 Å². The Hall–Kier alpha value is -0.0800. The maximum absolute atomic E-state index is 5.93. The van der Waals surface area contributed by atoms with Crippen LogP contribution in [-0.4, -0.2) is 30.1 Å². The number of likely N-dealkylation sites (tertiary alicyclic amines) is 1. The van der Waals surface area contributed by atoms with Crippen LogP contribution >= 0.6 is 0 Å². The van der Waals surface area contributed by atoms with E-state index in [-0.39, 0.29) is 0 Å². The van der Waals surface area contributed by atoms with E-state index >= 15 is 0 Å². The maximum Gasteiger partial charge on any atom is 0.0269 e. The second-order valence-electron chi connectivity index (χ2n) is 6.15. The van der Waals surface area contributed by atoms with Crippen LogP contribution in [0.3, 0.4) is 0 Å². The van der Waals surface area contributed by atoms with Gasteiger partial charge < -0.3 is 5.73 Å². The summed E-state index contributed by atoms with van der Waals surface area (Å²) in [5.74, 6) is 0.983. The average Bonchev–Trinajstić information content (AvgIpc) is 2.63. The number of nitrogens with zero attached hydrogens (tertiary/aromatic N) is 1. The highest BCUT2D eigenvalue weighted by Crippen LogP contribution is 2.41. The van der Waals surface area contributed by atoms with E-state index in [1.165, 1.54) is 25.8 Å². The molecule has 0 amide bonds. The zero-order valence-electron chi connectivity index (χ0n) is 9.79. The third-order valence-corrected chi connectivity index (χ3v) is 4.07. The summed E-state index contributed by atoms with van der Waals surface area (Å²) >= 11 is 0. The Morgan fingerprint density at radius 1 is 1.36 bits per heavy atom. The van der Waals surface area contributed by atoms with Crippen molar-refractivity contribution in [2.24, 2.45) is 17.1 Å². The number of hydrogen-bond acceptors (Lipinski definition) is 2. The molecule has 1 heterocycles. The number of fused-ring (bicyclic) bond motifs is 2.